The molecule has 0 aromatic carbocycles. The van der Waals surface area contributed by atoms with E-state index in [2.05, 4.69) is 5.32 Å². The molecule has 0 aromatic heterocycles. The number of methoxy groups -OCH3 is 1. The normalized spacial score (nSPS) is 28.3. The van der Waals surface area contributed by atoms with Crippen LogP contribution in [0.25, 0.3) is 0 Å². The van der Waals surface area contributed by atoms with Crippen LogP contribution in [0.4, 0.5) is 0 Å². The summed E-state index contributed by atoms with van der Waals surface area (Å²) in [7, 11) is 1.56. The van der Waals surface area contributed by atoms with Gasteiger partial charge < -0.3 is 20.5 Å². The van der Waals surface area contributed by atoms with E-state index in [1.165, 1.54) is 19.3 Å². The Kier molecular flexibility index (Phi) is 7.40. The second-order valence-electron chi connectivity index (χ2n) is 6.10. The van der Waals surface area contributed by atoms with Gasteiger partial charge in [-0.05, 0) is 26.2 Å². The molecule has 0 aliphatic heterocycles. The topological polar surface area (TPSA) is 73.6 Å². The van der Waals surface area contributed by atoms with Gasteiger partial charge in [0.1, 0.15) is 6.04 Å². The molecule has 0 aromatic rings. The summed E-state index contributed by atoms with van der Waals surface area (Å²) >= 11 is 0. The minimum Gasteiger partial charge on any atom is -0.383 e. The number of nitrogens with one attached hydrogen (secondary N) is 1. The SMILES string of the molecule is CCOC1CC(NC(=O)C(N)COC)C12CCCCC2.Cl. The molecule has 0 bridgehead atoms. The van der Waals surface area contributed by atoms with Crippen molar-refractivity contribution in [3.63, 3.8) is 0 Å². The largest absolute Gasteiger partial charge is 0.383 e. The second kappa shape index (κ2) is 8.32. The van der Waals surface area contributed by atoms with E-state index < -0.39 is 6.04 Å². The minimum absolute atomic E-state index is 0. The molecule has 3 N–H and O–H groups in total. The molecule has 2 fully saturated rings. The maximum atomic E-state index is 12.1. The molecule has 0 heterocycles. The van der Waals surface area contributed by atoms with Gasteiger partial charge in [0.15, 0.2) is 0 Å². The molecule has 3 atom stereocenters. The summed E-state index contributed by atoms with van der Waals surface area (Å²) in [6.45, 7) is 3.05. The highest BCUT2D eigenvalue weighted by atomic mass is 35.5. The van der Waals surface area contributed by atoms with E-state index in [0.29, 0.717) is 6.10 Å². The van der Waals surface area contributed by atoms with E-state index >= 15 is 0 Å². The first-order valence-corrected chi connectivity index (χ1v) is 7.80. The molecule has 6 heteroatoms. The molecule has 2 aliphatic carbocycles. The van der Waals surface area contributed by atoms with E-state index in [1.54, 1.807) is 7.11 Å². The van der Waals surface area contributed by atoms with Crippen LogP contribution in [0.1, 0.15) is 45.4 Å². The maximum Gasteiger partial charge on any atom is 0.239 e. The Bertz CT molecular complexity index is 335. The molecule has 1 amide bonds. The summed E-state index contributed by atoms with van der Waals surface area (Å²) in [4.78, 5) is 12.1. The van der Waals surface area contributed by atoms with E-state index in [-0.39, 0.29) is 36.4 Å². The van der Waals surface area contributed by atoms with Gasteiger partial charge in [-0.3, -0.25) is 4.79 Å². The van der Waals surface area contributed by atoms with Crippen molar-refractivity contribution in [1.29, 1.82) is 0 Å². The van der Waals surface area contributed by atoms with E-state index in [4.69, 9.17) is 15.2 Å². The Hall–Kier alpha value is -0.360. The van der Waals surface area contributed by atoms with Crippen LogP contribution in [0.2, 0.25) is 0 Å². The van der Waals surface area contributed by atoms with Crippen LogP contribution in [0.5, 0.6) is 0 Å². The van der Waals surface area contributed by atoms with E-state index in [9.17, 15) is 4.79 Å². The van der Waals surface area contributed by atoms with Gasteiger partial charge in [0.05, 0.1) is 12.7 Å². The summed E-state index contributed by atoms with van der Waals surface area (Å²) in [6.07, 6.45) is 7.30. The molecular formula is C15H29ClN2O3. The van der Waals surface area contributed by atoms with Crippen LogP contribution in [0.3, 0.4) is 0 Å². The number of rotatable bonds is 6. The molecule has 124 valence electrons. The minimum atomic E-state index is -0.577. The number of amides is 1. The monoisotopic (exact) mass is 320 g/mol. The van der Waals surface area contributed by atoms with Crippen molar-refractivity contribution in [3.8, 4) is 0 Å². The molecule has 0 saturated heterocycles. The molecule has 2 aliphatic rings. The molecule has 3 unspecified atom stereocenters. The van der Waals surface area contributed by atoms with E-state index in [0.717, 1.165) is 25.9 Å². The third kappa shape index (κ3) is 3.89. The number of nitrogens with two attached hydrogens (primary N) is 1. The highest BCUT2D eigenvalue weighted by Crippen LogP contribution is 2.53. The highest BCUT2D eigenvalue weighted by Gasteiger charge is 2.56. The van der Waals surface area contributed by atoms with Crippen molar-refractivity contribution in [1.82, 2.24) is 5.32 Å². The fourth-order valence-corrected chi connectivity index (χ4v) is 3.80. The summed E-state index contributed by atoms with van der Waals surface area (Å²) in [6, 6.07) is -0.360. The van der Waals surface area contributed by atoms with Gasteiger partial charge in [0.2, 0.25) is 5.91 Å². The fraction of sp³-hybridized carbons (Fsp3) is 0.933. The van der Waals surface area contributed by atoms with Gasteiger partial charge in [-0.1, -0.05) is 19.3 Å². The third-order valence-corrected chi connectivity index (χ3v) is 4.94. The summed E-state index contributed by atoms with van der Waals surface area (Å²) in [5.74, 6) is -0.100. The predicted octanol–water partition coefficient (Wildman–Crippen LogP) is 1.63. The Morgan fingerprint density at radius 2 is 2.05 bits per heavy atom. The average molecular weight is 321 g/mol. The maximum absolute atomic E-state index is 12.1. The van der Waals surface area contributed by atoms with Crippen molar-refractivity contribution in [3.05, 3.63) is 0 Å². The van der Waals surface area contributed by atoms with Gasteiger partial charge in [-0.15, -0.1) is 12.4 Å². The van der Waals surface area contributed by atoms with Gasteiger partial charge >= 0.3 is 0 Å². The van der Waals surface area contributed by atoms with Crippen molar-refractivity contribution >= 4 is 18.3 Å². The van der Waals surface area contributed by atoms with Crippen molar-refractivity contribution in [2.75, 3.05) is 20.3 Å². The first-order valence-electron chi connectivity index (χ1n) is 7.80. The molecule has 2 saturated carbocycles. The predicted molar refractivity (Wildman–Crippen MR) is 84.6 cm³/mol. The zero-order valence-corrected chi connectivity index (χ0v) is 13.9. The van der Waals surface area contributed by atoms with E-state index in [1.807, 2.05) is 6.92 Å². The Morgan fingerprint density at radius 3 is 2.62 bits per heavy atom. The van der Waals surface area contributed by atoms with Crippen LogP contribution in [0, 0.1) is 5.41 Å². The van der Waals surface area contributed by atoms with Crippen LogP contribution in [0.15, 0.2) is 0 Å². The molecule has 1 spiro atoms. The van der Waals surface area contributed by atoms with Gasteiger partial charge in [0, 0.05) is 25.2 Å². The first-order chi connectivity index (χ1) is 9.64. The van der Waals surface area contributed by atoms with Crippen molar-refractivity contribution in [2.24, 2.45) is 11.1 Å². The lowest BCUT2D eigenvalue weighted by Gasteiger charge is -2.57. The lowest BCUT2D eigenvalue weighted by atomic mass is 9.55. The second-order valence-corrected chi connectivity index (χ2v) is 6.10. The number of ether oxygens (including phenoxy) is 2. The van der Waals surface area contributed by atoms with Gasteiger partial charge in [-0.25, -0.2) is 0 Å². The molecule has 5 nitrogen and oxygen atoms in total. The first kappa shape index (κ1) is 18.7. The highest BCUT2D eigenvalue weighted by molar-refractivity contribution is 5.85. The van der Waals surface area contributed by atoms with Gasteiger partial charge in [-0.2, -0.15) is 0 Å². The van der Waals surface area contributed by atoms with Crippen LogP contribution in [-0.2, 0) is 14.3 Å². The Labute approximate surface area is 133 Å². The summed E-state index contributed by atoms with van der Waals surface area (Å²) in [5, 5.41) is 3.13. The van der Waals surface area contributed by atoms with Crippen LogP contribution >= 0.6 is 12.4 Å². The zero-order valence-electron chi connectivity index (χ0n) is 13.1. The Balaban J connectivity index is 0.00000220. The summed E-state index contributed by atoms with van der Waals surface area (Å²) in [5.41, 5.74) is 5.95. The zero-order chi connectivity index (χ0) is 14.6. The molecule has 21 heavy (non-hydrogen) atoms. The lowest BCUT2D eigenvalue weighted by Crippen LogP contribution is -2.66. The molecule has 0 radical (unpaired) electrons. The number of hydrogen-bond acceptors (Lipinski definition) is 4. The average Bonchev–Trinajstić information content (AvgIpc) is 2.47. The molecule has 2 rings (SSSR count). The fourth-order valence-electron chi connectivity index (χ4n) is 3.80. The number of carbonyl (C=O) groups excluding carboxylic acids is 1. The van der Waals surface area contributed by atoms with Gasteiger partial charge in [0.25, 0.3) is 0 Å². The standard InChI is InChI=1S/C15H28N2O3.ClH/c1-3-20-13-9-12(15(13)7-5-4-6-8-15)17-14(18)11(16)10-19-2;/h11-13H,3-10,16H2,1-2H3,(H,17,18);1H. The van der Waals surface area contributed by atoms with Crippen molar-refractivity contribution in [2.45, 2.75) is 63.6 Å². The number of halogens is 1. The summed E-state index contributed by atoms with van der Waals surface area (Å²) < 4.78 is 10.8. The molecular weight excluding hydrogens is 292 g/mol. The Morgan fingerprint density at radius 1 is 1.38 bits per heavy atom. The van der Waals surface area contributed by atoms with Crippen LogP contribution in [-0.4, -0.2) is 44.4 Å². The lowest BCUT2D eigenvalue weighted by molar-refractivity contribution is -0.157. The van der Waals surface area contributed by atoms with Crippen molar-refractivity contribution < 1.29 is 14.3 Å². The number of carbonyl (C=O) groups is 1. The quantitative estimate of drug-likeness (QED) is 0.780. The van der Waals surface area contributed by atoms with Crippen LogP contribution < -0.4 is 11.1 Å². The smallest absolute Gasteiger partial charge is 0.239 e. The third-order valence-electron chi connectivity index (χ3n) is 4.94. The number of hydrogen-bond donors (Lipinski definition) is 2.